The summed E-state index contributed by atoms with van der Waals surface area (Å²) in [7, 11) is 1.68. The zero-order chi connectivity index (χ0) is 22.5. The first-order valence-electron chi connectivity index (χ1n) is 9.58. The molecule has 0 radical (unpaired) electrons. The Morgan fingerprint density at radius 2 is 2.06 bits per heavy atom. The number of rotatable bonds is 5. The summed E-state index contributed by atoms with van der Waals surface area (Å²) in [5, 5.41) is 18.7. The van der Waals surface area contributed by atoms with E-state index in [2.05, 4.69) is 40.6 Å². The minimum absolute atomic E-state index is 0.00880. The highest BCUT2D eigenvalue weighted by molar-refractivity contribution is 6.01. The molecule has 5 rings (SSSR count). The molecule has 0 bridgehead atoms. The van der Waals surface area contributed by atoms with Gasteiger partial charge >= 0.3 is 6.36 Å². The molecule has 164 valence electrons. The summed E-state index contributed by atoms with van der Waals surface area (Å²) in [4.78, 5) is 20.8. The number of carbonyl (C=O) groups is 1. The van der Waals surface area contributed by atoms with Crippen LogP contribution in [-0.2, 0) is 4.79 Å². The molecule has 4 heterocycles. The highest BCUT2D eigenvalue weighted by Crippen LogP contribution is 2.32. The molecule has 32 heavy (non-hydrogen) atoms. The van der Waals surface area contributed by atoms with Gasteiger partial charge in [0.2, 0.25) is 5.91 Å². The second-order valence-corrected chi connectivity index (χ2v) is 7.18. The van der Waals surface area contributed by atoms with Crippen molar-refractivity contribution in [3.05, 3.63) is 30.6 Å². The third kappa shape index (κ3) is 3.84. The normalized spacial score (nSPS) is 14.0. The fourth-order valence-electron chi connectivity index (χ4n) is 3.20. The molecule has 0 atom stereocenters. The zero-order valence-electron chi connectivity index (χ0n) is 16.5. The first-order chi connectivity index (χ1) is 15.3. The maximum absolute atomic E-state index is 12.5. The van der Waals surface area contributed by atoms with Crippen LogP contribution in [-0.4, -0.2) is 49.1 Å². The van der Waals surface area contributed by atoms with Crippen molar-refractivity contribution in [3.8, 4) is 17.1 Å². The maximum atomic E-state index is 12.5. The van der Waals surface area contributed by atoms with Crippen molar-refractivity contribution in [3.63, 3.8) is 0 Å². The van der Waals surface area contributed by atoms with E-state index in [1.165, 1.54) is 16.8 Å². The molecule has 13 heteroatoms. The van der Waals surface area contributed by atoms with Crippen LogP contribution in [0.2, 0.25) is 0 Å². The SMILES string of the molecule is CNc1ncc(-c2nc3ccc(OC(F)(F)F)cn3n2)c2cc(NC(=O)C3CC3)nnc12. The molecule has 4 aromatic rings. The van der Waals surface area contributed by atoms with Gasteiger partial charge in [0, 0.05) is 30.1 Å². The van der Waals surface area contributed by atoms with Crippen LogP contribution in [0.15, 0.2) is 30.6 Å². The lowest BCUT2D eigenvalue weighted by Crippen LogP contribution is -2.17. The molecular formula is C19H15F3N8O2. The summed E-state index contributed by atoms with van der Waals surface area (Å²) in [6.07, 6.45) is -0.531. The standard InChI is InChI=1S/C19H15F3N8O2/c1-23-17-15-11(6-13(27-28-15)25-18(31)9-2-3-9)12(7-24-17)16-26-14-5-4-10(8-30(14)29-16)32-19(20,21)22/h4-9H,2-3H2,1H3,(H,23,24)(H,25,27,31). The van der Waals surface area contributed by atoms with Gasteiger partial charge in [-0.05, 0) is 31.0 Å². The first kappa shape index (κ1) is 19.9. The topological polar surface area (TPSA) is 119 Å². The minimum Gasteiger partial charge on any atom is -0.404 e. The number of alkyl halides is 3. The van der Waals surface area contributed by atoms with E-state index in [1.54, 1.807) is 13.1 Å². The minimum atomic E-state index is -4.82. The van der Waals surface area contributed by atoms with Crippen molar-refractivity contribution < 1.29 is 22.7 Å². The second-order valence-electron chi connectivity index (χ2n) is 7.18. The predicted molar refractivity (Wildman–Crippen MR) is 107 cm³/mol. The van der Waals surface area contributed by atoms with Gasteiger partial charge in [-0.3, -0.25) is 4.79 Å². The van der Waals surface area contributed by atoms with Crippen LogP contribution in [0, 0.1) is 5.92 Å². The van der Waals surface area contributed by atoms with Gasteiger partial charge < -0.3 is 15.4 Å². The number of carbonyl (C=O) groups excluding carboxylic acids is 1. The number of amides is 1. The molecule has 1 fully saturated rings. The van der Waals surface area contributed by atoms with E-state index >= 15 is 0 Å². The third-order valence-corrected chi connectivity index (χ3v) is 4.85. The Morgan fingerprint density at radius 1 is 1.25 bits per heavy atom. The highest BCUT2D eigenvalue weighted by Gasteiger charge is 2.31. The van der Waals surface area contributed by atoms with E-state index in [-0.39, 0.29) is 23.5 Å². The monoisotopic (exact) mass is 444 g/mol. The number of nitrogens with one attached hydrogen (secondary N) is 2. The average molecular weight is 444 g/mol. The summed E-state index contributed by atoms with van der Waals surface area (Å²) in [6.45, 7) is 0. The molecule has 10 nitrogen and oxygen atoms in total. The van der Waals surface area contributed by atoms with Crippen LogP contribution in [0.3, 0.4) is 0 Å². The molecule has 1 aliphatic carbocycles. The van der Waals surface area contributed by atoms with Crippen LogP contribution >= 0.6 is 0 Å². The van der Waals surface area contributed by atoms with Gasteiger partial charge in [0.25, 0.3) is 0 Å². The molecule has 0 saturated heterocycles. The third-order valence-electron chi connectivity index (χ3n) is 4.85. The van der Waals surface area contributed by atoms with Crippen molar-refractivity contribution in [2.75, 3.05) is 17.7 Å². The van der Waals surface area contributed by atoms with Gasteiger partial charge in [-0.1, -0.05) is 0 Å². The summed E-state index contributed by atoms with van der Waals surface area (Å²) in [5.74, 6) is 0.388. The number of fused-ring (bicyclic) bond motifs is 2. The lowest BCUT2D eigenvalue weighted by molar-refractivity contribution is -0.274. The van der Waals surface area contributed by atoms with E-state index in [9.17, 15) is 18.0 Å². The summed E-state index contributed by atoms with van der Waals surface area (Å²) in [5.41, 5.74) is 1.21. The number of aromatic nitrogens is 6. The van der Waals surface area contributed by atoms with Crippen molar-refractivity contribution in [2.24, 2.45) is 5.92 Å². The average Bonchev–Trinajstić information content (AvgIpc) is 3.51. The molecule has 0 unspecified atom stereocenters. The summed E-state index contributed by atoms with van der Waals surface area (Å²) < 4.78 is 42.7. The Hall–Kier alpha value is -4.03. The van der Waals surface area contributed by atoms with Crippen LogP contribution in [0.5, 0.6) is 5.75 Å². The quantitative estimate of drug-likeness (QED) is 0.482. The molecule has 2 N–H and O–H groups in total. The first-order valence-corrected chi connectivity index (χ1v) is 9.58. The maximum Gasteiger partial charge on any atom is 0.573 e. The van der Waals surface area contributed by atoms with Crippen LogP contribution in [0.4, 0.5) is 24.8 Å². The van der Waals surface area contributed by atoms with Gasteiger partial charge in [-0.15, -0.1) is 28.5 Å². The number of anilines is 2. The smallest absolute Gasteiger partial charge is 0.404 e. The van der Waals surface area contributed by atoms with Crippen molar-refractivity contribution in [1.29, 1.82) is 0 Å². The molecule has 1 aliphatic rings. The Bertz CT molecular complexity index is 1350. The highest BCUT2D eigenvalue weighted by atomic mass is 19.4. The fraction of sp³-hybridized carbons (Fsp3) is 0.263. The Balaban J connectivity index is 1.58. The van der Waals surface area contributed by atoms with Gasteiger partial charge in [0.15, 0.2) is 23.1 Å². The van der Waals surface area contributed by atoms with E-state index in [0.717, 1.165) is 25.1 Å². The van der Waals surface area contributed by atoms with Crippen LogP contribution in [0.25, 0.3) is 27.9 Å². The van der Waals surface area contributed by atoms with Gasteiger partial charge in [0.1, 0.15) is 11.3 Å². The number of pyridine rings is 2. The molecule has 0 aliphatic heterocycles. The summed E-state index contributed by atoms with van der Waals surface area (Å²) in [6, 6.07) is 4.15. The Kier molecular flexibility index (Phi) is 4.53. The molecule has 4 aromatic heterocycles. The predicted octanol–water partition coefficient (Wildman–Crippen LogP) is 3.02. The van der Waals surface area contributed by atoms with Gasteiger partial charge in [-0.2, -0.15) is 0 Å². The van der Waals surface area contributed by atoms with E-state index < -0.39 is 12.1 Å². The fourth-order valence-corrected chi connectivity index (χ4v) is 3.20. The molecule has 1 saturated carbocycles. The number of hydrogen-bond acceptors (Lipinski definition) is 8. The van der Waals surface area contributed by atoms with Crippen molar-refractivity contribution in [1.82, 2.24) is 29.8 Å². The number of hydrogen-bond donors (Lipinski definition) is 2. The van der Waals surface area contributed by atoms with Crippen molar-refractivity contribution in [2.45, 2.75) is 19.2 Å². The van der Waals surface area contributed by atoms with E-state index in [0.29, 0.717) is 27.9 Å². The van der Waals surface area contributed by atoms with Gasteiger partial charge in [-0.25, -0.2) is 14.5 Å². The van der Waals surface area contributed by atoms with E-state index in [1.807, 2.05) is 0 Å². The molecule has 0 aromatic carbocycles. The number of nitrogens with zero attached hydrogens (tertiary/aromatic N) is 6. The number of ether oxygens (including phenoxy) is 1. The van der Waals surface area contributed by atoms with Crippen LogP contribution < -0.4 is 15.4 Å². The van der Waals surface area contributed by atoms with Crippen LogP contribution in [0.1, 0.15) is 12.8 Å². The zero-order valence-corrected chi connectivity index (χ0v) is 16.5. The van der Waals surface area contributed by atoms with Crippen molar-refractivity contribution >= 4 is 34.1 Å². The summed E-state index contributed by atoms with van der Waals surface area (Å²) >= 11 is 0. The molecular weight excluding hydrogens is 429 g/mol. The number of halogens is 3. The molecule has 0 spiro atoms. The van der Waals surface area contributed by atoms with E-state index in [4.69, 9.17) is 0 Å². The lowest BCUT2D eigenvalue weighted by atomic mass is 10.1. The second kappa shape index (κ2) is 7.28. The molecule has 1 amide bonds. The Morgan fingerprint density at radius 3 is 2.78 bits per heavy atom. The Labute approximate surface area is 177 Å². The largest absolute Gasteiger partial charge is 0.573 e. The lowest BCUT2D eigenvalue weighted by Gasteiger charge is -2.09. The van der Waals surface area contributed by atoms with Gasteiger partial charge in [0.05, 0.1) is 6.20 Å².